The summed E-state index contributed by atoms with van der Waals surface area (Å²) in [5.41, 5.74) is 3.43. The molecule has 4 aromatic carbocycles. The first-order valence-corrected chi connectivity index (χ1v) is 13.6. The number of nitrogens with zero attached hydrogens (tertiary/aromatic N) is 3. The van der Waals surface area contributed by atoms with Crippen molar-refractivity contribution in [3.63, 3.8) is 0 Å². The minimum atomic E-state index is -1.30. The number of para-hydroxylation sites is 2. The van der Waals surface area contributed by atoms with Gasteiger partial charge < -0.3 is 15.4 Å². The van der Waals surface area contributed by atoms with Crippen LogP contribution in [0.2, 0.25) is 5.02 Å². The Morgan fingerprint density at radius 2 is 1.53 bits per heavy atom. The van der Waals surface area contributed by atoms with E-state index in [1.807, 2.05) is 48.5 Å². The molecule has 1 aliphatic rings. The zero-order valence-electron chi connectivity index (χ0n) is 22.4. The number of carbonyl (C=O) groups is 3. The van der Waals surface area contributed by atoms with Crippen LogP contribution in [-0.4, -0.2) is 39.6 Å². The van der Waals surface area contributed by atoms with Crippen molar-refractivity contribution in [3.8, 4) is 11.6 Å². The van der Waals surface area contributed by atoms with Gasteiger partial charge in [-0.3, -0.25) is 14.9 Å². The van der Waals surface area contributed by atoms with Gasteiger partial charge in [0.25, 0.3) is 11.8 Å². The van der Waals surface area contributed by atoms with Crippen molar-refractivity contribution < 1.29 is 19.1 Å². The Balaban J connectivity index is 1.27. The molecular formula is C32H23ClN6O4. The highest BCUT2D eigenvalue weighted by Crippen LogP contribution is 2.26. The summed E-state index contributed by atoms with van der Waals surface area (Å²) in [5, 5.41) is 12.7. The van der Waals surface area contributed by atoms with Gasteiger partial charge in [-0.25, -0.2) is 14.5 Å². The molecule has 11 heteroatoms. The smallest absolute Gasteiger partial charge is 0.389 e. The monoisotopic (exact) mass is 590 g/mol. The topological polar surface area (TPSA) is 127 Å². The molecule has 212 valence electrons. The summed E-state index contributed by atoms with van der Waals surface area (Å²) in [6.45, 7) is 0. The molecule has 1 aromatic heterocycles. The number of benzene rings is 4. The molecule has 0 spiro atoms. The van der Waals surface area contributed by atoms with Crippen molar-refractivity contribution in [2.24, 2.45) is 4.99 Å². The van der Waals surface area contributed by atoms with Gasteiger partial charge in [0.2, 0.25) is 12.0 Å². The predicted octanol–water partition coefficient (Wildman–Crippen LogP) is 5.68. The van der Waals surface area contributed by atoms with Gasteiger partial charge in [0.1, 0.15) is 5.82 Å². The summed E-state index contributed by atoms with van der Waals surface area (Å²) in [4.78, 5) is 43.8. The first-order valence-electron chi connectivity index (χ1n) is 13.2. The zero-order valence-corrected chi connectivity index (χ0v) is 23.2. The number of hydrogen-bond acceptors (Lipinski definition) is 6. The van der Waals surface area contributed by atoms with E-state index in [1.54, 1.807) is 60.7 Å². The fourth-order valence-corrected chi connectivity index (χ4v) is 4.73. The second kappa shape index (κ2) is 12.0. The standard InChI is InChI=1S/C32H23ClN6O4/c33-24-17-9-7-15-22(24)30(40)35-26-19-27(38-39(26)21-13-5-2-6-14-21)43-32(42)37-29-31(41)34-25-18-10-8-16-23(25)28(36-29)20-11-3-1-4-12-20/h1-19,29H,(H,34,41)(H,35,40)(H,37,42). The van der Waals surface area contributed by atoms with Crippen LogP contribution in [-0.2, 0) is 4.79 Å². The Hall–Kier alpha value is -5.74. The predicted molar refractivity (Wildman–Crippen MR) is 163 cm³/mol. The van der Waals surface area contributed by atoms with E-state index in [0.717, 1.165) is 5.56 Å². The molecule has 2 heterocycles. The molecule has 1 atom stereocenters. The maximum atomic E-state index is 13.1. The summed E-state index contributed by atoms with van der Waals surface area (Å²) in [7, 11) is 0. The number of aliphatic imine (C=N–C) groups is 1. The van der Waals surface area contributed by atoms with E-state index in [4.69, 9.17) is 16.3 Å². The van der Waals surface area contributed by atoms with Gasteiger partial charge in [-0.2, -0.15) is 0 Å². The number of amides is 3. The third kappa shape index (κ3) is 5.99. The van der Waals surface area contributed by atoms with Crippen molar-refractivity contribution in [1.29, 1.82) is 0 Å². The lowest BCUT2D eigenvalue weighted by Crippen LogP contribution is -2.43. The Morgan fingerprint density at radius 3 is 2.30 bits per heavy atom. The number of hydrogen-bond donors (Lipinski definition) is 3. The number of ether oxygens (including phenoxy) is 1. The fourth-order valence-electron chi connectivity index (χ4n) is 4.51. The van der Waals surface area contributed by atoms with E-state index < -0.39 is 24.1 Å². The van der Waals surface area contributed by atoms with Crippen LogP contribution < -0.4 is 20.7 Å². The van der Waals surface area contributed by atoms with Crippen LogP contribution in [0, 0.1) is 0 Å². The van der Waals surface area contributed by atoms with Gasteiger partial charge >= 0.3 is 6.09 Å². The van der Waals surface area contributed by atoms with E-state index in [1.165, 1.54) is 10.7 Å². The van der Waals surface area contributed by atoms with E-state index in [9.17, 15) is 14.4 Å². The molecule has 0 saturated carbocycles. The highest BCUT2D eigenvalue weighted by molar-refractivity contribution is 6.34. The Morgan fingerprint density at radius 1 is 0.860 bits per heavy atom. The third-order valence-electron chi connectivity index (χ3n) is 6.49. The molecule has 0 fully saturated rings. The van der Waals surface area contributed by atoms with E-state index in [2.05, 4.69) is 26.0 Å². The third-order valence-corrected chi connectivity index (χ3v) is 6.82. The van der Waals surface area contributed by atoms with Crippen molar-refractivity contribution in [1.82, 2.24) is 15.1 Å². The molecule has 43 heavy (non-hydrogen) atoms. The van der Waals surface area contributed by atoms with Gasteiger partial charge in [0.05, 0.1) is 27.7 Å². The molecule has 6 rings (SSSR count). The molecule has 10 nitrogen and oxygen atoms in total. The van der Waals surface area contributed by atoms with Crippen LogP contribution in [0.1, 0.15) is 21.5 Å². The van der Waals surface area contributed by atoms with Gasteiger partial charge in [0, 0.05) is 17.2 Å². The normalized spacial score (nSPS) is 14.0. The molecule has 3 amide bonds. The van der Waals surface area contributed by atoms with Gasteiger partial charge in [-0.15, -0.1) is 5.10 Å². The highest BCUT2D eigenvalue weighted by atomic mass is 35.5. The lowest BCUT2D eigenvalue weighted by atomic mass is 10.0. The summed E-state index contributed by atoms with van der Waals surface area (Å²) in [6.07, 6.45) is -2.27. The van der Waals surface area contributed by atoms with Gasteiger partial charge in [-0.1, -0.05) is 90.5 Å². The lowest BCUT2D eigenvalue weighted by molar-refractivity contribution is -0.117. The van der Waals surface area contributed by atoms with Crippen LogP contribution in [0.15, 0.2) is 120 Å². The molecule has 1 aliphatic heterocycles. The van der Waals surface area contributed by atoms with Gasteiger partial charge in [-0.05, 0) is 30.3 Å². The van der Waals surface area contributed by atoms with Crippen molar-refractivity contribution in [2.75, 3.05) is 10.6 Å². The van der Waals surface area contributed by atoms with E-state index in [-0.39, 0.29) is 22.3 Å². The summed E-state index contributed by atoms with van der Waals surface area (Å²) < 4.78 is 6.88. The summed E-state index contributed by atoms with van der Waals surface area (Å²) >= 11 is 6.21. The summed E-state index contributed by atoms with van der Waals surface area (Å²) in [5.74, 6) is -0.916. The summed E-state index contributed by atoms with van der Waals surface area (Å²) in [6, 6.07) is 33.6. The quantitative estimate of drug-likeness (QED) is 0.234. The Kier molecular flexibility index (Phi) is 7.66. The van der Waals surface area contributed by atoms with Crippen molar-refractivity contribution in [3.05, 3.63) is 137 Å². The minimum absolute atomic E-state index is 0.125. The molecule has 0 aliphatic carbocycles. The van der Waals surface area contributed by atoms with Crippen molar-refractivity contribution in [2.45, 2.75) is 6.17 Å². The molecule has 1 unspecified atom stereocenters. The highest BCUT2D eigenvalue weighted by Gasteiger charge is 2.28. The SMILES string of the molecule is O=C(NC1N=C(c2ccccc2)c2ccccc2NC1=O)Oc1cc(NC(=O)c2ccccc2Cl)n(-c2ccccc2)n1. The number of halogens is 1. The first kappa shape index (κ1) is 27.4. The number of anilines is 2. The minimum Gasteiger partial charge on any atom is -0.389 e. The largest absolute Gasteiger partial charge is 0.416 e. The number of fused-ring (bicyclic) bond motifs is 1. The zero-order chi connectivity index (χ0) is 29.8. The average molecular weight is 591 g/mol. The number of nitrogens with one attached hydrogen (secondary N) is 3. The molecule has 0 radical (unpaired) electrons. The first-order chi connectivity index (χ1) is 21.0. The lowest BCUT2D eigenvalue weighted by Gasteiger charge is -2.12. The Labute approximate surface area is 251 Å². The maximum Gasteiger partial charge on any atom is 0.416 e. The maximum absolute atomic E-state index is 13.1. The molecule has 0 bridgehead atoms. The van der Waals surface area contributed by atoms with Crippen LogP contribution in [0.3, 0.4) is 0 Å². The second-order valence-corrected chi connectivity index (χ2v) is 9.77. The molecular weight excluding hydrogens is 568 g/mol. The second-order valence-electron chi connectivity index (χ2n) is 9.36. The van der Waals surface area contributed by atoms with E-state index in [0.29, 0.717) is 22.6 Å². The molecule has 5 aromatic rings. The van der Waals surface area contributed by atoms with Crippen LogP contribution in [0.4, 0.5) is 16.3 Å². The number of benzodiazepines with no additional fused rings is 1. The number of carbonyl (C=O) groups excluding carboxylic acids is 3. The van der Waals surface area contributed by atoms with E-state index >= 15 is 0 Å². The van der Waals surface area contributed by atoms with Crippen LogP contribution >= 0.6 is 11.6 Å². The Bertz CT molecular complexity index is 1860. The van der Waals surface area contributed by atoms with Crippen LogP contribution in [0.5, 0.6) is 5.88 Å². The number of aromatic nitrogens is 2. The average Bonchev–Trinajstić information content (AvgIpc) is 3.35. The van der Waals surface area contributed by atoms with Crippen molar-refractivity contribution >= 4 is 46.7 Å². The molecule has 0 saturated heterocycles. The molecule has 3 N–H and O–H groups in total. The number of rotatable bonds is 6. The van der Waals surface area contributed by atoms with Crippen LogP contribution in [0.25, 0.3) is 5.69 Å². The fraction of sp³-hybridized carbons (Fsp3) is 0.0312. The van der Waals surface area contributed by atoms with Gasteiger partial charge in [0.15, 0.2) is 0 Å².